The van der Waals surface area contributed by atoms with Crippen molar-refractivity contribution in [2.24, 2.45) is 11.8 Å². The molecule has 45 heavy (non-hydrogen) atoms. The molecule has 0 atom stereocenters. The maximum atomic E-state index is 9.10. The zero-order valence-electron chi connectivity index (χ0n) is 24.4. The van der Waals surface area contributed by atoms with Gasteiger partial charge >= 0.3 is 0 Å². The average Bonchev–Trinajstić information content (AvgIpc) is 3.97. The maximum Gasteiger partial charge on any atom is 0.155 e. The first-order valence-electron chi connectivity index (χ1n) is 14.4. The molecular weight excluding hydrogens is 635 g/mol. The fourth-order valence-electron chi connectivity index (χ4n) is 4.03. The number of hydrogen-bond acceptors (Lipinski definition) is 9. The van der Waals surface area contributed by atoms with Crippen molar-refractivity contribution in [3.05, 3.63) is 94.6 Å². The number of aryl methyl sites for hydroxylation is 1. The number of aliphatic hydroxyl groups is 1. The molecule has 2 aliphatic carbocycles. The van der Waals surface area contributed by atoms with Gasteiger partial charge in [0.15, 0.2) is 15.5 Å². The van der Waals surface area contributed by atoms with Gasteiger partial charge in [-0.3, -0.25) is 4.98 Å². The van der Waals surface area contributed by atoms with Crippen molar-refractivity contribution in [3.8, 4) is 11.5 Å². The van der Waals surface area contributed by atoms with Gasteiger partial charge in [-0.15, -0.1) is 0 Å². The van der Waals surface area contributed by atoms with Crippen LogP contribution in [0.25, 0.3) is 32.7 Å². The highest BCUT2D eigenvalue weighted by Gasteiger charge is 2.22. The van der Waals surface area contributed by atoms with Crippen molar-refractivity contribution < 1.29 is 14.9 Å². The molecule has 6 heterocycles. The van der Waals surface area contributed by atoms with Crippen LogP contribution in [0, 0.1) is 18.8 Å². The second-order valence-electron chi connectivity index (χ2n) is 10.8. The average molecular weight is 666 g/mol. The lowest BCUT2D eigenvalue weighted by Crippen LogP contribution is -1.99. The fourth-order valence-corrected chi connectivity index (χ4v) is 4.67. The predicted octanol–water partition coefficient (Wildman–Crippen LogP) is 8.04. The van der Waals surface area contributed by atoms with E-state index >= 15 is 0 Å². The minimum Gasteiger partial charge on any atom is -0.506 e. The molecule has 9 nitrogen and oxygen atoms in total. The van der Waals surface area contributed by atoms with E-state index in [1.165, 1.54) is 31.9 Å². The molecule has 12 heteroatoms. The highest BCUT2D eigenvalue weighted by molar-refractivity contribution is 6.34. The van der Waals surface area contributed by atoms with Crippen molar-refractivity contribution in [3.63, 3.8) is 0 Å². The van der Waals surface area contributed by atoms with Crippen molar-refractivity contribution in [1.29, 1.82) is 0 Å². The van der Waals surface area contributed by atoms with Crippen molar-refractivity contribution in [1.82, 2.24) is 29.9 Å². The van der Waals surface area contributed by atoms with Gasteiger partial charge in [0.2, 0.25) is 0 Å². The van der Waals surface area contributed by atoms with Gasteiger partial charge < -0.3 is 14.9 Å². The SMILES string of the molecule is Cc1cnc2c(Cl)nccc2c1.Clc1nccc2cc(OCC3CC3)cnc12.OCC1CC1.Oc1cnc2c(Cl)nccc2c1. The quantitative estimate of drug-likeness (QED) is 0.180. The molecule has 2 fully saturated rings. The third kappa shape index (κ3) is 9.55. The molecule has 0 unspecified atom stereocenters. The second kappa shape index (κ2) is 15.4. The highest BCUT2D eigenvalue weighted by Crippen LogP contribution is 2.30. The van der Waals surface area contributed by atoms with Crippen LogP contribution < -0.4 is 4.74 Å². The van der Waals surface area contributed by atoms with Gasteiger partial charge in [0.25, 0.3) is 0 Å². The van der Waals surface area contributed by atoms with Gasteiger partial charge in [0.05, 0.1) is 19.0 Å². The predicted molar refractivity (Wildman–Crippen MR) is 178 cm³/mol. The van der Waals surface area contributed by atoms with Crippen molar-refractivity contribution >= 4 is 67.5 Å². The number of hydrogen-bond donors (Lipinski definition) is 2. The van der Waals surface area contributed by atoms with E-state index in [0.717, 1.165) is 51.0 Å². The summed E-state index contributed by atoms with van der Waals surface area (Å²) < 4.78 is 5.65. The van der Waals surface area contributed by atoms with Crippen LogP contribution in [0.3, 0.4) is 0 Å². The minimum atomic E-state index is 0.129. The Hall–Kier alpha value is -3.89. The maximum absolute atomic E-state index is 9.10. The Balaban J connectivity index is 0.000000125. The van der Waals surface area contributed by atoms with Crippen LogP contribution in [0.15, 0.2) is 73.6 Å². The topological polar surface area (TPSA) is 127 Å². The van der Waals surface area contributed by atoms with E-state index in [-0.39, 0.29) is 5.75 Å². The summed E-state index contributed by atoms with van der Waals surface area (Å²) in [6.45, 7) is 3.22. The van der Waals surface area contributed by atoms with Gasteiger partial charge in [-0.25, -0.2) is 24.9 Å². The molecule has 0 aliphatic heterocycles. The zero-order chi connectivity index (χ0) is 31.8. The van der Waals surface area contributed by atoms with Crippen LogP contribution >= 0.6 is 34.8 Å². The third-order valence-corrected chi connectivity index (χ3v) is 7.73. The Morgan fingerprint density at radius 3 is 1.67 bits per heavy atom. The van der Waals surface area contributed by atoms with E-state index in [4.69, 9.17) is 49.8 Å². The molecule has 0 spiro atoms. The Morgan fingerprint density at radius 1 is 0.667 bits per heavy atom. The number of pyridine rings is 6. The first-order valence-corrected chi connectivity index (χ1v) is 15.5. The van der Waals surface area contributed by atoms with Crippen LogP contribution in [-0.4, -0.2) is 53.3 Å². The number of ether oxygens (including phenoxy) is 1. The van der Waals surface area contributed by atoms with Crippen molar-refractivity contribution in [2.45, 2.75) is 32.6 Å². The minimum absolute atomic E-state index is 0.129. The molecule has 0 bridgehead atoms. The number of fused-ring (bicyclic) bond motifs is 3. The number of nitrogens with zero attached hydrogens (tertiary/aromatic N) is 6. The number of aliphatic hydroxyl groups excluding tert-OH is 1. The second-order valence-corrected chi connectivity index (χ2v) is 11.9. The van der Waals surface area contributed by atoms with E-state index in [2.05, 4.69) is 29.9 Å². The molecule has 6 aromatic heterocycles. The molecule has 0 radical (unpaired) electrons. The first kappa shape index (κ1) is 32.5. The third-order valence-electron chi connectivity index (χ3n) is 6.90. The largest absolute Gasteiger partial charge is 0.506 e. The van der Waals surface area contributed by atoms with Gasteiger partial charge in [-0.05, 0) is 86.4 Å². The number of aromatic hydroxyl groups is 1. The summed E-state index contributed by atoms with van der Waals surface area (Å²) in [7, 11) is 0. The van der Waals surface area contributed by atoms with Gasteiger partial charge in [0, 0.05) is 47.6 Å². The normalized spacial score (nSPS) is 13.6. The smallest absolute Gasteiger partial charge is 0.155 e. The standard InChI is InChI=1S/C12H11ClN2O.C9H7ClN2.C8H5ClN2O.C4H8O/c13-12-11-9(3-4-14-12)5-10(6-15-11)16-7-8-1-2-8;1-6-4-7-2-3-11-9(10)8(7)12-5-6;9-8-7-5(1-2-10-8)3-6(12)4-11-7;5-3-4-1-2-4/h3-6,8H,1-2,7H2;2-5H,1H3;1-4,12H;4-5H,1-3H2. The van der Waals surface area contributed by atoms with Gasteiger partial charge in [-0.2, -0.15) is 0 Å². The Labute approximate surface area is 275 Å². The Morgan fingerprint density at radius 2 is 1.16 bits per heavy atom. The number of rotatable bonds is 4. The molecule has 2 N–H and O–H groups in total. The summed E-state index contributed by atoms with van der Waals surface area (Å²) in [5.74, 6) is 2.37. The van der Waals surface area contributed by atoms with Crippen LogP contribution in [-0.2, 0) is 0 Å². The number of halogens is 3. The molecule has 2 aliphatic rings. The monoisotopic (exact) mass is 664 g/mol. The zero-order valence-corrected chi connectivity index (χ0v) is 26.7. The molecule has 2 saturated carbocycles. The van der Waals surface area contributed by atoms with E-state index < -0.39 is 0 Å². The van der Waals surface area contributed by atoms with Crippen LogP contribution in [0.1, 0.15) is 31.2 Å². The molecule has 0 saturated heterocycles. The van der Waals surface area contributed by atoms with Crippen molar-refractivity contribution in [2.75, 3.05) is 13.2 Å². The van der Waals surface area contributed by atoms with Gasteiger partial charge in [-0.1, -0.05) is 34.8 Å². The Kier molecular flexibility index (Phi) is 11.1. The summed E-state index contributed by atoms with van der Waals surface area (Å²) in [5, 5.41) is 21.3. The highest BCUT2D eigenvalue weighted by atomic mass is 35.5. The summed E-state index contributed by atoms with van der Waals surface area (Å²) in [4.78, 5) is 24.2. The molecule has 0 amide bonds. The lowest BCUT2D eigenvalue weighted by Gasteiger charge is -2.05. The summed E-state index contributed by atoms with van der Waals surface area (Å²) >= 11 is 17.5. The Bertz CT molecular complexity index is 1820. The lowest BCUT2D eigenvalue weighted by atomic mass is 10.2. The van der Waals surface area contributed by atoms with E-state index in [1.54, 1.807) is 43.1 Å². The first-order chi connectivity index (χ1) is 21.8. The fraction of sp³-hybridized carbons (Fsp3) is 0.273. The van der Waals surface area contributed by atoms with Gasteiger partial charge in [0.1, 0.15) is 28.0 Å². The van der Waals surface area contributed by atoms with Crippen LogP contribution in [0.4, 0.5) is 0 Å². The molecular formula is C33H31Cl3N6O3. The lowest BCUT2D eigenvalue weighted by molar-refractivity contribution is 0.277. The molecule has 232 valence electrons. The van der Waals surface area contributed by atoms with Crippen LogP contribution in [0.5, 0.6) is 11.5 Å². The van der Waals surface area contributed by atoms with E-state index in [9.17, 15) is 0 Å². The summed E-state index contributed by atoms with van der Waals surface area (Å²) in [5.41, 5.74) is 3.23. The van der Waals surface area contributed by atoms with E-state index in [1.807, 2.05) is 31.2 Å². The molecule has 0 aromatic carbocycles. The van der Waals surface area contributed by atoms with Crippen LogP contribution in [0.2, 0.25) is 15.5 Å². The molecule has 8 rings (SSSR count). The summed E-state index contributed by atoms with van der Waals surface area (Å²) in [6.07, 6.45) is 14.9. The van der Waals surface area contributed by atoms with E-state index in [0.29, 0.717) is 33.5 Å². The number of aromatic nitrogens is 6. The summed E-state index contributed by atoms with van der Waals surface area (Å²) in [6, 6.07) is 11.1. The molecule has 6 aromatic rings.